The summed E-state index contributed by atoms with van der Waals surface area (Å²) >= 11 is 3.43. The number of carbonyl (C=O) groups is 1. The van der Waals surface area contributed by atoms with Crippen LogP contribution < -0.4 is 0 Å². The first-order valence-electron chi connectivity index (χ1n) is 8.52. The van der Waals surface area contributed by atoms with Gasteiger partial charge in [-0.1, -0.05) is 52.3 Å². The maximum absolute atomic E-state index is 12.4. The summed E-state index contributed by atoms with van der Waals surface area (Å²) in [7, 11) is 0. The second kappa shape index (κ2) is 6.69. The molecule has 2 heterocycles. The van der Waals surface area contributed by atoms with Gasteiger partial charge in [-0.3, -0.25) is 9.69 Å². The molecule has 3 nitrogen and oxygen atoms in total. The summed E-state index contributed by atoms with van der Waals surface area (Å²) < 4.78 is 1.05. The summed E-state index contributed by atoms with van der Waals surface area (Å²) in [6, 6.07) is 17.3. The van der Waals surface area contributed by atoms with Gasteiger partial charge in [0.2, 0.25) is 5.91 Å². The number of hydrogen-bond donors (Lipinski definition) is 0. The van der Waals surface area contributed by atoms with Gasteiger partial charge in [0.1, 0.15) is 0 Å². The van der Waals surface area contributed by atoms with E-state index < -0.39 is 0 Å². The fourth-order valence-corrected chi connectivity index (χ4v) is 3.87. The van der Waals surface area contributed by atoms with Crippen LogP contribution in [0.3, 0.4) is 0 Å². The Kier molecular flexibility index (Phi) is 4.42. The van der Waals surface area contributed by atoms with E-state index in [1.807, 2.05) is 29.2 Å². The molecule has 0 atom stereocenters. The summed E-state index contributed by atoms with van der Waals surface area (Å²) in [5.41, 5.74) is 4.01. The molecule has 2 aromatic rings. The molecule has 1 saturated heterocycles. The lowest BCUT2D eigenvalue weighted by molar-refractivity contribution is -0.138. The van der Waals surface area contributed by atoms with Crippen LogP contribution in [0.5, 0.6) is 0 Å². The van der Waals surface area contributed by atoms with Crippen molar-refractivity contribution in [3.05, 3.63) is 69.7 Å². The van der Waals surface area contributed by atoms with Gasteiger partial charge in [0.15, 0.2) is 0 Å². The zero-order valence-corrected chi connectivity index (χ0v) is 15.2. The number of rotatable bonds is 3. The third kappa shape index (κ3) is 3.26. The van der Waals surface area contributed by atoms with Gasteiger partial charge in [-0.25, -0.2) is 0 Å². The SMILES string of the molecule is O=C(Cc1ccc(Br)cc1)N1CC(N2CCc3ccccc3C2)C1. The van der Waals surface area contributed by atoms with Crippen molar-refractivity contribution in [3.63, 3.8) is 0 Å². The molecule has 24 heavy (non-hydrogen) atoms. The van der Waals surface area contributed by atoms with Gasteiger partial charge in [-0.05, 0) is 35.2 Å². The molecule has 1 fully saturated rings. The van der Waals surface area contributed by atoms with Crippen molar-refractivity contribution in [2.24, 2.45) is 0 Å². The Morgan fingerprint density at radius 1 is 1.04 bits per heavy atom. The maximum Gasteiger partial charge on any atom is 0.227 e. The zero-order chi connectivity index (χ0) is 16.5. The largest absolute Gasteiger partial charge is 0.339 e. The van der Waals surface area contributed by atoms with Crippen molar-refractivity contribution < 1.29 is 4.79 Å². The highest BCUT2D eigenvalue weighted by molar-refractivity contribution is 9.10. The van der Waals surface area contributed by atoms with E-state index in [2.05, 4.69) is 45.1 Å². The molecule has 0 N–H and O–H groups in total. The van der Waals surface area contributed by atoms with E-state index >= 15 is 0 Å². The van der Waals surface area contributed by atoms with Gasteiger partial charge in [0, 0.05) is 36.7 Å². The Balaban J connectivity index is 1.30. The first-order chi connectivity index (χ1) is 11.7. The monoisotopic (exact) mass is 384 g/mol. The van der Waals surface area contributed by atoms with E-state index in [1.54, 1.807) is 0 Å². The molecular formula is C20H21BrN2O. The van der Waals surface area contributed by atoms with E-state index in [9.17, 15) is 4.79 Å². The zero-order valence-electron chi connectivity index (χ0n) is 13.6. The normalized spacial score (nSPS) is 18.1. The molecule has 2 aromatic carbocycles. The summed E-state index contributed by atoms with van der Waals surface area (Å²) in [5.74, 6) is 0.242. The maximum atomic E-state index is 12.4. The van der Waals surface area contributed by atoms with Crippen LogP contribution in [0.2, 0.25) is 0 Å². The van der Waals surface area contributed by atoms with Crippen LogP contribution in [0, 0.1) is 0 Å². The quantitative estimate of drug-likeness (QED) is 0.810. The van der Waals surface area contributed by atoms with E-state index in [-0.39, 0.29) is 5.91 Å². The standard InChI is InChI=1S/C20H21BrN2O/c21-18-7-5-15(6-8-18)11-20(24)23-13-19(14-23)22-10-9-16-3-1-2-4-17(16)12-22/h1-8,19H,9-14H2. The minimum absolute atomic E-state index is 0.242. The second-order valence-electron chi connectivity index (χ2n) is 6.74. The Morgan fingerprint density at radius 3 is 2.50 bits per heavy atom. The molecule has 1 amide bonds. The first-order valence-corrected chi connectivity index (χ1v) is 9.31. The van der Waals surface area contributed by atoms with Crippen molar-refractivity contribution in [1.29, 1.82) is 0 Å². The predicted molar refractivity (Wildman–Crippen MR) is 98.8 cm³/mol. The first kappa shape index (κ1) is 15.9. The molecule has 0 aromatic heterocycles. The lowest BCUT2D eigenvalue weighted by Crippen LogP contribution is -2.61. The lowest BCUT2D eigenvalue weighted by Gasteiger charge is -2.47. The molecule has 0 radical (unpaired) electrons. The van der Waals surface area contributed by atoms with Crippen LogP contribution in [0.15, 0.2) is 53.0 Å². The molecule has 2 aliphatic rings. The number of hydrogen-bond acceptors (Lipinski definition) is 2. The van der Waals surface area contributed by atoms with Gasteiger partial charge in [0.05, 0.1) is 6.42 Å². The molecule has 0 unspecified atom stereocenters. The average Bonchev–Trinajstić information content (AvgIpc) is 2.55. The Hall–Kier alpha value is -1.65. The molecular weight excluding hydrogens is 364 g/mol. The van der Waals surface area contributed by atoms with Crippen LogP contribution in [0.25, 0.3) is 0 Å². The summed E-state index contributed by atoms with van der Waals surface area (Å²) in [4.78, 5) is 16.9. The highest BCUT2D eigenvalue weighted by Crippen LogP contribution is 2.24. The van der Waals surface area contributed by atoms with Gasteiger partial charge < -0.3 is 4.90 Å². The van der Waals surface area contributed by atoms with E-state index in [0.29, 0.717) is 12.5 Å². The van der Waals surface area contributed by atoms with Crippen molar-refractivity contribution in [1.82, 2.24) is 9.80 Å². The van der Waals surface area contributed by atoms with Crippen LogP contribution in [0.4, 0.5) is 0 Å². The minimum Gasteiger partial charge on any atom is -0.339 e. The Bertz CT molecular complexity index is 738. The van der Waals surface area contributed by atoms with Crippen LogP contribution >= 0.6 is 15.9 Å². The average molecular weight is 385 g/mol. The van der Waals surface area contributed by atoms with Crippen LogP contribution in [-0.2, 0) is 24.2 Å². The fraction of sp³-hybridized carbons (Fsp3) is 0.350. The van der Waals surface area contributed by atoms with Crippen molar-refractivity contribution >= 4 is 21.8 Å². The van der Waals surface area contributed by atoms with E-state index in [1.165, 1.54) is 11.1 Å². The highest BCUT2D eigenvalue weighted by atomic mass is 79.9. The summed E-state index contributed by atoms with van der Waals surface area (Å²) in [6.07, 6.45) is 1.63. The smallest absolute Gasteiger partial charge is 0.227 e. The van der Waals surface area contributed by atoms with E-state index in [0.717, 1.165) is 42.6 Å². The van der Waals surface area contributed by atoms with Gasteiger partial charge in [-0.2, -0.15) is 0 Å². The highest BCUT2D eigenvalue weighted by Gasteiger charge is 2.35. The molecule has 0 aliphatic carbocycles. The summed E-state index contributed by atoms with van der Waals surface area (Å²) in [5, 5.41) is 0. The van der Waals surface area contributed by atoms with Crippen molar-refractivity contribution in [3.8, 4) is 0 Å². The Morgan fingerprint density at radius 2 is 1.75 bits per heavy atom. The number of fused-ring (bicyclic) bond motifs is 1. The van der Waals surface area contributed by atoms with Crippen molar-refractivity contribution in [2.45, 2.75) is 25.4 Å². The number of carbonyl (C=O) groups excluding carboxylic acids is 1. The molecule has 4 heteroatoms. The molecule has 4 rings (SSSR count). The predicted octanol–water partition coefficient (Wildman–Crippen LogP) is 3.26. The third-order valence-corrected chi connectivity index (χ3v) is 5.69. The number of nitrogens with zero attached hydrogens (tertiary/aromatic N) is 2. The number of benzene rings is 2. The number of amides is 1. The number of halogens is 1. The van der Waals surface area contributed by atoms with Gasteiger partial charge >= 0.3 is 0 Å². The van der Waals surface area contributed by atoms with Crippen LogP contribution in [-0.4, -0.2) is 41.4 Å². The minimum atomic E-state index is 0.242. The molecule has 0 saturated carbocycles. The molecule has 2 aliphatic heterocycles. The molecule has 0 bridgehead atoms. The number of likely N-dealkylation sites (tertiary alicyclic amines) is 1. The second-order valence-corrected chi connectivity index (χ2v) is 7.66. The summed E-state index contributed by atoms with van der Waals surface area (Å²) in [6.45, 7) is 3.88. The lowest BCUT2D eigenvalue weighted by atomic mass is 9.96. The van der Waals surface area contributed by atoms with Crippen LogP contribution in [0.1, 0.15) is 16.7 Å². The van der Waals surface area contributed by atoms with Gasteiger partial charge in [-0.15, -0.1) is 0 Å². The van der Waals surface area contributed by atoms with Crippen molar-refractivity contribution in [2.75, 3.05) is 19.6 Å². The molecule has 124 valence electrons. The fourth-order valence-electron chi connectivity index (χ4n) is 3.61. The van der Waals surface area contributed by atoms with Gasteiger partial charge in [0.25, 0.3) is 0 Å². The molecule has 0 spiro atoms. The Labute approximate surface area is 151 Å². The topological polar surface area (TPSA) is 23.6 Å². The third-order valence-electron chi connectivity index (χ3n) is 5.16. The van der Waals surface area contributed by atoms with E-state index in [4.69, 9.17) is 0 Å².